The fourth-order valence-corrected chi connectivity index (χ4v) is 3.42. The summed E-state index contributed by atoms with van der Waals surface area (Å²) in [5, 5.41) is 6.05. The second-order valence-corrected chi connectivity index (χ2v) is 6.38. The van der Waals surface area contributed by atoms with Gasteiger partial charge in [-0.1, -0.05) is 41.0 Å². The van der Waals surface area contributed by atoms with Gasteiger partial charge in [-0.2, -0.15) is 0 Å². The van der Waals surface area contributed by atoms with Crippen molar-refractivity contribution in [3.8, 4) is 5.75 Å². The van der Waals surface area contributed by atoms with Crippen molar-refractivity contribution in [2.75, 3.05) is 19.0 Å². The van der Waals surface area contributed by atoms with Gasteiger partial charge in [0.1, 0.15) is 5.75 Å². The maximum Gasteiger partial charge on any atom is 0.318 e. The molecule has 0 aliphatic carbocycles. The third-order valence-electron chi connectivity index (χ3n) is 2.82. The van der Waals surface area contributed by atoms with Gasteiger partial charge in [-0.05, 0) is 37.3 Å². The Hall–Kier alpha value is -1.56. The molecule has 0 saturated carbocycles. The molecular weight excluding hydrogens is 355 g/mol. The third-order valence-corrected chi connectivity index (χ3v) is 4.77. The highest BCUT2D eigenvalue weighted by Crippen LogP contribution is 2.41. The van der Waals surface area contributed by atoms with Gasteiger partial charge in [0.2, 0.25) is 0 Å². The lowest BCUT2D eigenvalue weighted by Gasteiger charge is -2.11. The third kappa shape index (κ3) is 4.96. The number of hydrogen-bond acceptors (Lipinski definition) is 3. The monoisotopic (exact) mass is 370 g/mol. The fourth-order valence-electron chi connectivity index (χ4n) is 1.84. The molecule has 0 bridgehead atoms. The van der Waals surface area contributed by atoms with Crippen LogP contribution in [0.4, 0.5) is 10.5 Å². The van der Waals surface area contributed by atoms with Crippen LogP contribution < -0.4 is 15.4 Å². The molecule has 2 rings (SSSR count). The number of urea groups is 1. The van der Waals surface area contributed by atoms with Gasteiger partial charge in [-0.25, -0.2) is 4.79 Å². The van der Waals surface area contributed by atoms with Gasteiger partial charge in [0.05, 0.1) is 16.7 Å². The van der Waals surface area contributed by atoms with Crippen molar-refractivity contribution < 1.29 is 9.53 Å². The Balaban J connectivity index is 2.23. The van der Waals surface area contributed by atoms with Crippen LogP contribution in [0.15, 0.2) is 46.2 Å². The highest BCUT2D eigenvalue weighted by atomic mass is 35.5. The maximum atomic E-state index is 11.4. The van der Waals surface area contributed by atoms with E-state index in [9.17, 15) is 4.79 Å². The van der Waals surface area contributed by atoms with E-state index in [-0.39, 0.29) is 6.03 Å². The Labute approximate surface area is 149 Å². The van der Waals surface area contributed by atoms with Crippen LogP contribution in [0.25, 0.3) is 0 Å². The summed E-state index contributed by atoms with van der Waals surface area (Å²) in [4.78, 5) is 13.0. The largest absolute Gasteiger partial charge is 0.494 e. The lowest BCUT2D eigenvalue weighted by atomic mass is 10.3. The van der Waals surface area contributed by atoms with E-state index < -0.39 is 0 Å². The van der Waals surface area contributed by atoms with Crippen LogP contribution in [0, 0.1) is 0 Å². The van der Waals surface area contributed by atoms with Gasteiger partial charge in [-0.15, -0.1) is 0 Å². The number of anilines is 1. The molecule has 2 N–H and O–H groups in total. The second-order valence-electron chi connectivity index (χ2n) is 4.48. The second kappa shape index (κ2) is 8.34. The van der Waals surface area contributed by atoms with E-state index in [4.69, 9.17) is 27.9 Å². The first-order valence-electron chi connectivity index (χ1n) is 6.92. The zero-order chi connectivity index (χ0) is 16.8. The van der Waals surface area contributed by atoms with Crippen LogP contribution in [0.2, 0.25) is 10.0 Å². The molecule has 0 heterocycles. The number of ether oxygens (including phenoxy) is 1. The first-order chi connectivity index (χ1) is 11.0. The fraction of sp³-hybridized carbons (Fsp3) is 0.188. The standard InChI is InChI=1S/C16H16Cl2N2O2S/c1-3-22-11-5-4-6-12(9-11)23-15-13(17)7-10(8-14(15)18)20-16(21)19-2/h4-9H,3H2,1-2H3,(H2,19,20,21). The summed E-state index contributed by atoms with van der Waals surface area (Å²) in [5.41, 5.74) is 0.534. The zero-order valence-electron chi connectivity index (χ0n) is 12.7. The Morgan fingerprint density at radius 3 is 2.52 bits per heavy atom. The molecule has 0 saturated heterocycles. The smallest absolute Gasteiger partial charge is 0.318 e. The topological polar surface area (TPSA) is 50.4 Å². The Kier molecular flexibility index (Phi) is 6.45. The minimum atomic E-state index is -0.332. The Bertz CT molecular complexity index is 687. The number of amides is 2. The van der Waals surface area contributed by atoms with E-state index in [0.717, 1.165) is 15.5 Å². The number of hydrogen-bond donors (Lipinski definition) is 2. The van der Waals surface area contributed by atoms with Gasteiger partial charge in [0.15, 0.2) is 0 Å². The summed E-state index contributed by atoms with van der Waals surface area (Å²) >= 11 is 14.0. The van der Waals surface area contributed by atoms with Gasteiger partial charge in [0, 0.05) is 22.5 Å². The minimum Gasteiger partial charge on any atom is -0.494 e. The summed E-state index contributed by atoms with van der Waals surface area (Å²) in [6, 6.07) is 10.7. The van der Waals surface area contributed by atoms with Crippen molar-refractivity contribution in [1.29, 1.82) is 0 Å². The number of carbonyl (C=O) groups is 1. The highest BCUT2D eigenvalue weighted by molar-refractivity contribution is 7.99. The van der Waals surface area contributed by atoms with Gasteiger partial charge < -0.3 is 15.4 Å². The van der Waals surface area contributed by atoms with Crippen LogP contribution in [0.5, 0.6) is 5.75 Å². The molecule has 2 aromatic rings. The van der Waals surface area contributed by atoms with Crippen LogP contribution in [0.1, 0.15) is 6.92 Å². The molecule has 2 aromatic carbocycles. The van der Waals surface area contributed by atoms with E-state index in [1.54, 1.807) is 12.1 Å². The molecule has 7 heteroatoms. The van der Waals surface area contributed by atoms with Gasteiger partial charge in [0.25, 0.3) is 0 Å². The van der Waals surface area contributed by atoms with Crippen LogP contribution in [-0.4, -0.2) is 19.7 Å². The van der Waals surface area contributed by atoms with E-state index in [1.165, 1.54) is 18.8 Å². The van der Waals surface area contributed by atoms with Crippen molar-refractivity contribution in [2.45, 2.75) is 16.7 Å². The van der Waals surface area contributed by atoms with E-state index in [0.29, 0.717) is 22.3 Å². The van der Waals surface area contributed by atoms with E-state index in [2.05, 4.69) is 10.6 Å². The highest BCUT2D eigenvalue weighted by Gasteiger charge is 2.12. The molecule has 0 atom stereocenters. The van der Waals surface area contributed by atoms with Crippen molar-refractivity contribution in [3.63, 3.8) is 0 Å². The predicted molar refractivity (Wildman–Crippen MR) is 96.3 cm³/mol. The SMILES string of the molecule is CCOc1cccc(Sc2c(Cl)cc(NC(=O)NC)cc2Cl)c1. The molecule has 2 amide bonds. The molecule has 122 valence electrons. The number of halogens is 2. The summed E-state index contributed by atoms with van der Waals surface area (Å²) < 4.78 is 5.49. The average Bonchev–Trinajstić information content (AvgIpc) is 2.51. The van der Waals surface area contributed by atoms with Crippen molar-refractivity contribution in [2.24, 2.45) is 0 Å². The van der Waals surface area contributed by atoms with Crippen LogP contribution in [-0.2, 0) is 0 Å². The zero-order valence-corrected chi connectivity index (χ0v) is 15.0. The van der Waals surface area contributed by atoms with E-state index in [1.807, 2.05) is 31.2 Å². The minimum absolute atomic E-state index is 0.332. The Morgan fingerprint density at radius 2 is 1.91 bits per heavy atom. The number of rotatable bonds is 5. The predicted octanol–water partition coefficient (Wildman–Crippen LogP) is 5.29. The van der Waals surface area contributed by atoms with Crippen LogP contribution >= 0.6 is 35.0 Å². The van der Waals surface area contributed by atoms with Crippen molar-refractivity contribution in [1.82, 2.24) is 5.32 Å². The van der Waals surface area contributed by atoms with Crippen molar-refractivity contribution >= 4 is 46.7 Å². The molecule has 0 fully saturated rings. The quantitative estimate of drug-likeness (QED) is 0.750. The molecule has 4 nitrogen and oxygen atoms in total. The molecular formula is C16H16Cl2N2O2S. The van der Waals surface area contributed by atoms with Crippen molar-refractivity contribution in [3.05, 3.63) is 46.4 Å². The summed E-state index contributed by atoms with van der Waals surface area (Å²) in [6.45, 7) is 2.54. The first-order valence-corrected chi connectivity index (χ1v) is 8.49. The summed E-state index contributed by atoms with van der Waals surface area (Å²) in [6.07, 6.45) is 0. The molecule has 0 unspecified atom stereocenters. The van der Waals surface area contributed by atoms with Gasteiger partial charge in [-0.3, -0.25) is 0 Å². The van der Waals surface area contributed by atoms with Crippen LogP contribution in [0.3, 0.4) is 0 Å². The molecule has 0 aliphatic rings. The lowest BCUT2D eigenvalue weighted by Crippen LogP contribution is -2.24. The van der Waals surface area contributed by atoms with Gasteiger partial charge >= 0.3 is 6.03 Å². The molecule has 0 aromatic heterocycles. The number of benzene rings is 2. The molecule has 23 heavy (non-hydrogen) atoms. The maximum absolute atomic E-state index is 11.4. The summed E-state index contributed by atoms with van der Waals surface area (Å²) in [7, 11) is 1.54. The first kappa shape index (κ1) is 17.8. The summed E-state index contributed by atoms with van der Waals surface area (Å²) in [5.74, 6) is 0.794. The molecule has 0 aliphatic heterocycles. The normalized spacial score (nSPS) is 10.3. The lowest BCUT2D eigenvalue weighted by molar-refractivity contribution is 0.254. The number of carbonyl (C=O) groups excluding carboxylic acids is 1. The number of nitrogens with one attached hydrogen (secondary N) is 2. The average molecular weight is 371 g/mol. The Morgan fingerprint density at radius 1 is 1.22 bits per heavy atom. The molecule has 0 radical (unpaired) electrons. The van der Waals surface area contributed by atoms with E-state index >= 15 is 0 Å². The molecule has 0 spiro atoms.